The maximum atomic E-state index is 11.1. The number of aryl methyl sites for hydroxylation is 4. The van der Waals surface area contributed by atoms with Crippen LogP contribution in [0.25, 0.3) is 0 Å². The zero-order valence-electron chi connectivity index (χ0n) is 20.0. The predicted octanol–water partition coefficient (Wildman–Crippen LogP) is 7.91. The van der Waals surface area contributed by atoms with Crippen molar-refractivity contribution in [1.29, 1.82) is 0 Å². The van der Waals surface area contributed by atoms with Crippen LogP contribution in [0.1, 0.15) is 33.4 Å². The molecule has 0 radical (unpaired) electrons. The molecule has 0 saturated heterocycles. The second-order valence-electron chi connectivity index (χ2n) is 11.4. The van der Waals surface area contributed by atoms with Gasteiger partial charge in [0.15, 0.2) is 0 Å². The van der Waals surface area contributed by atoms with Crippen molar-refractivity contribution < 1.29 is 5.11 Å². The molecule has 0 aliphatic heterocycles. The van der Waals surface area contributed by atoms with E-state index in [4.69, 9.17) is 22.5 Å². The van der Waals surface area contributed by atoms with E-state index in [1.54, 1.807) is 0 Å². The van der Waals surface area contributed by atoms with Crippen molar-refractivity contribution in [2.45, 2.75) is 46.1 Å². The minimum atomic E-state index is -2.59. The van der Waals surface area contributed by atoms with Gasteiger partial charge in [-0.1, -0.05) is 0 Å². The third kappa shape index (κ3) is 8.76. The Morgan fingerprint density at radius 2 is 0.900 bits per heavy atom. The van der Waals surface area contributed by atoms with Crippen molar-refractivity contribution in [3.05, 3.63) is 69.8 Å². The molecule has 0 aliphatic rings. The van der Waals surface area contributed by atoms with E-state index in [2.05, 4.69) is 90.8 Å². The fourth-order valence-electron chi connectivity index (χ4n) is 4.93. The van der Waals surface area contributed by atoms with E-state index < -0.39 is 18.0 Å². The van der Waals surface area contributed by atoms with Crippen LogP contribution in [0.4, 0.5) is 0 Å². The summed E-state index contributed by atoms with van der Waals surface area (Å²) in [5.41, 5.74) is 7.57. The molecule has 30 heavy (non-hydrogen) atoms. The molecule has 1 N–H and O–H groups in total. The molecule has 1 nitrogen and oxygen atoms in total. The molecule has 0 heterocycles. The van der Waals surface area contributed by atoms with Crippen LogP contribution < -0.4 is 0 Å². The maximum absolute atomic E-state index is 11.1. The van der Waals surface area contributed by atoms with E-state index in [0.29, 0.717) is 12.3 Å². The summed E-state index contributed by atoms with van der Waals surface area (Å²) < 4.78 is 0. The van der Waals surface area contributed by atoms with E-state index in [-0.39, 0.29) is 0 Å². The summed E-state index contributed by atoms with van der Waals surface area (Å²) in [6.07, 6.45) is 2.42. The fourth-order valence-corrected chi connectivity index (χ4v) is 12.7. The Labute approximate surface area is 194 Å². The molecule has 0 amide bonds. The van der Waals surface area contributed by atoms with Crippen molar-refractivity contribution in [3.63, 3.8) is 0 Å². The summed E-state index contributed by atoms with van der Waals surface area (Å²) in [6, 6.07) is 13.2. The molecule has 0 unspecified atom stereocenters. The first-order valence-electron chi connectivity index (χ1n) is 10.6. The predicted molar refractivity (Wildman–Crippen MR) is 144 cm³/mol. The molecule has 2 rings (SSSR count). The van der Waals surface area contributed by atoms with E-state index in [1.165, 1.54) is 33.4 Å². The second-order valence-corrected chi connectivity index (χ2v) is 29.7. The van der Waals surface area contributed by atoms with Crippen LogP contribution in [0.2, 0.25) is 0 Å². The van der Waals surface area contributed by atoms with E-state index in [9.17, 15) is 5.11 Å². The van der Waals surface area contributed by atoms with Crippen LogP contribution in [0, 0.1) is 27.7 Å². The number of benzene rings is 2. The molecule has 0 atom stereocenters. The monoisotopic (exact) mass is 488 g/mol. The topological polar surface area (TPSA) is 20.2 Å². The molecule has 0 saturated carbocycles. The van der Waals surface area contributed by atoms with Crippen molar-refractivity contribution >= 4 is 34.4 Å². The summed E-state index contributed by atoms with van der Waals surface area (Å²) in [6.45, 7) is 17.2. The molecule has 0 aliphatic carbocycles. The Hall–Kier alpha value is -0.160. The van der Waals surface area contributed by atoms with Crippen molar-refractivity contribution in [2.75, 3.05) is 39.0 Å². The van der Waals surface area contributed by atoms with Gasteiger partial charge in [-0.3, -0.25) is 0 Å². The fraction of sp³-hybridized carbons (Fsp3) is 0.520. The van der Waals surface area contributed by atoms with Crippen LogP contribution in [-0.4, -0.2) is 50.2 Å². The normalized spacial score (nSPS) is 16.4. The van der Waals surface area contributed by atoms with Crippen LogP contribution in [0.5, 0.6) is 0 Å². The average molecular weight is 489 g/mol. The standard InChI is InChI=1S/C25H40Cl2OP2/c1-19-9-20(2)12-23(11-19)15-29(5,6,26)17-25(28)18-30(7,8,27)16-24-13-21(3)10-22(4)14-24/h9-14,25,28H,15-18H2,1-8H3. The van der Waals surface area contributed by atoms with Gasteiger partial charge in [-0.05, 0) is 0 Å². The number of hydrogen-bond donors (Lipinski definition) is 1. The molecule has 0 bridgehead atoms. The van der Waals surface area contributed by atoms with Crippen molar-refractivity contribution in [2.24, 2.45) is 0 Å². The van der Waals surface area contributed by atoms with Crippen LogP contribution >= 0.6 is 34.4 Å². The van der Waals surface area contributed by atoms with Gasteiger partial charge in [0, 0.05) is 0 Å². The number of halogens is 2. The first-order chi connectivity index (χ1) is 13.4. The number of rotatable bonds is 8. The second kappa shape index (κ2) is 8.65. The quantitative estimate of drug-likeness (QED) is 0.374. The number of aliphatic hydroxyl groups is 1. The van der Waals surface area contributed by atoms with Gasteiger partial charge < -0.3 is 0 Å². The van der Waals surface area contributed by atoms with Gasteiger partial charge in [0.25, 0.3) is 0 Å². The summed E-state index contributed by atoms with van der Waals surface area (Å²) in [5.74, 6) is -5.19. The Morgan fingerprint density at radius 3 is 1.17 bits per heavy atom. The SMILES string of the molecule is Cc1cc(C)cc(CP(C)(C)(Cl)CC(O)CP(C)(C)(Cl)Cc2cc(C)cc(C)c2)c1. The van der Waals surface area contributed by atoms with E-state index in [1.807, 2.05) is 0 Å². The minimum absolute atomic E-state index is 0.489. The van der Waals surface area contributed by atoms with E-state index in [0.717, 1.165) is 12.3 Å². The summed E-state index contributed by atoms with van der Waals surface area (Å²) >= 11 is 14.5. The van der Waals surface area contributed by atoms with Gasteiger partial charge in [0.05, 0.1) is 0 Å². The van der Waals surface area contributed by atoms with Gasteiger partial charge in [0.1, 0.15) is 0 Å². The number of hydrogen-bond acceptors (Lipinski definition) is 1. The molecular formula is C25H40Cl2OP2. The average Bonchev–Trinajstić information content (AvgIpc) is 2.39. The van der Waals surface area contributed by atoms with Gasteiger partial charge >= 0.3 is 194 Å². The molecule has 0 spiro atoms. The first-order valence-corrected chi connectivity index (χ1v) is 19.4. The molecule has 2 aromatic rings. The first kappa shape index (κ1) is 26.1. The van der Waals surface area contributed by atoms with Crippen LogP contribution in [-0.2, 0) is 12.3 Å². The third-order valence-electron chi connectivity index (χ3n) is 5.45. The molecular weight excluding hydrogens is 449 g/mol. The Bertz CT molecular complexity index is 804. The molecule has 170 valence electrons. The van der Waals surface area contributed by atoms with Crippen LogP contribution in [0.3, 0.4) is 0 Å². The van der Waals surface area contributed by atoms with Gasteiger partial charge in [0.2, 0.25) is 0 Å². The Balaban J connectivity index is 2.15. The van der Waals surface area contributed by atoms with E-state index >= 15 is 0 Å². The zero-order chi connectivity index (χ0) is 23.0. The Kier molecular flexibility index (Phi) is 7.52. The summed E-state index contributed by atoms with van der Waals surface area (Å²) in [7, 11) is 0. The third-order valence-corrected chi connectivity index (χ3v) is 12.8. The van der Waals surface area contributed by atoms with Gasteiger partial charge in [-0.15, -0.1) is 0 Å². The summed E-state index contributed by atoms with van der Waals surface area (Å²) in [5, 5.41) is 11.1. The van der Waals surface area contributed by atoms with Gasteiger partial charge in [-0.2, -0.15) is 0 Å². The van der Waals surface area contributed by atoms with Crippen molar-refractivity contribution in [3.8, 4) is 0 Å². The Morgan fingerprint density at radius 1 is 0.633 bits per heavy atom. The molecule has 2 aromatic carbocycles. The molecule has 5 heteroatoms. The molecule has 0 fully saturated rings. The van der Waals surface area contributed by atoms with Crippen molar-refractivity contribution in [1.82, 2.24) is 0 Å². The molecule has 0 aromatic heterocycles. The van der Waals surface area contributed by atoms with Crippen LogP contribution in [0.15, 0.2) is 36.4 Å². The summed E-state index contributed by atoms with van der Waals surface area (Å²) in [4.78, 5) is 0. The zero-order valence-corrected chi connectivity index (χ0v) is 23.3. The number of aliphatic hydroxyl groups excluding tert-OH is 1. The van der Waals surface area contributed by atoms with Gasteiger partial charge in [-0.25, -0.2) is 0 Å².